The van der Waals surface area contributed by atoms with Crippen LogP contribution in [0.5, 0.6) is 11.6 Å². The summed E-state index contributed by atoms with van der Waals surface area (Å²) in [6.45, 7) is 2.54. The molecule has 2 aromatic heterocycles. The first kappa shape index (κ1) is 16.7. The number of nitriles is 1. The summed E-state index contributed by atoms with van der Waals surface area (Å²) >= 11 is 0. The van der Waals surface area contributed by atoms with Crippen molar-refractivity contribution in [2.75, 3.05) is 6.61 Å². The van der Waals surface area contributed by atoms with Gasteiger partial charge in [-0.3, -0.25) is 10.1 Å². The fraction of sp³-hybridized carbons (Fsp3) is 0.150. The van der Waals surface area contributed by atoms with E-state index in [9.17, 15) is 5.26 Å². The van der Waals surface area contributed by atoms with E-state index in [-0.39, 0.29) is 11.8 Å². The predicted octanol–water partition coefficient (Wildman–Crippen LogP) is 3.09. The van der Waals surface area contributed by atoms with Crippen LogP contribution in [-0.4, -0.2) is 21.8 Å². The number of allylic oxidation sites excluding steroid dienone is 1. The van der Waals surface area contributed by atoms with Gasteiger partial charge in [-0.25, -0.2) is 0 Å². The minimum Gasteiger partial charge on any atom is -0.494 e. The molecule has 1 aliphatic heterocycles. The molecule has 0 amide bonds. The van der Waals surface area contributed by atoms with Crippen LogP contribution >= 0.6 is 0 Å². The lowest BCUT2D eigenvalue weighted by Gasteiger charge is -2.24. The van der Waals surface area contributed by atoms with E-state index in [0.29, 0.717) is 18.1 Å². The third kappa shape index (κ3) is 2.87. The highest BCUT2D eigenvalue weighted by molar-refractivity contribution is 5.71. The summed E-state index contributed by atoms with van der Waals surface area (Å²) < 4.78 is 11.1. The minimum absolute atomic E-state index is 0.0663. The molecule has 3 heterocycles. The molecule has 1 aliphatic rings. The van der Waals surface area contributed by atoms with Gasteiger partial charge in [-0.15, -0.1) is 5.10 Å². The van der Waals surface area contributed by atoms with E-state index in [1.165, 1.54) is 0 Å². The maximum atomic E-state index is 9.68. The third-order valence-corrected chi connectivity index (χ3v) is 4.43. The zero-order chi connectivity index (χ0) is 18.8. The van der Waals surface area contributed by atoms with E-state index in [0.717, 1.165) is 28.1 Å². The van der Waals surface area contributed by atoms with E-state index in [4.69, 9.17) is 15.2 Å². The summed E-state index contributed by atoms with van der Waals surface area (Å²) in [5.74, 6) is 0.842. The van der Waals surface area contributed by atoms with E-state index < -0.39 is 0 Å². The molecule has 1 aromatic carbocycles. The van der Waals surface area contributed by atoms with E-state index in [1.54, 1.807) is 12.4 Å². The molecule has 3 aromatic rings. The first-order valence-corrected chi connectivity index (χ1v) is 8.52. The molecule has 0 unspecified atom stereocenters. The van der Waals surface area contributed by atoms with Crippen molar-refractivity contribution < 1.29 is 9.47 Å². The maximum absolute atomic E-state index is 9.68. The molecule has 7 heteroatoms. The Morgan fingerprint density at radius 3 is 2.63 bits per heavy atom. The Bertz CT molecular complexity index is 1030. The number of hydrogen-bond acceptors (Lipinski definition) is 6. The number of aromatic amines is 1. The molecule has 7 nitrogen and oxygen atoms in total. The Balaban J connectivity index is 1.86. The number of nitrogens with zero attached hydrogens (tertiary/aromatic N) is 3. The molecule has 0 fully saturated rings. The Hall–Kier alpha value is -3.79. The number of hydrogen-bond donors (Lipinski definition) is 2. The smallest absolute Gasteiger partial charge is 0.244 e. The number of pyridine rings is 1. The summed E-state index contributed by atoms with van der Waals surface area (Å²) in [4.78, 5) is 4.06. The molecule has 27 heavy (non-hydrogen) atoms. The van der Waals surface area contributed by atoms with Gasteiger partial charge in [0.2, 0.25) is 11.8 Å². The Morgan fingerprint density at radius 2 is 1.96 bits per heavy atom. The van der Waals surface area contributed by atoms with Crippen LogP contribution in [0.15, 0.2) is 60.2 Å². The van der Waals surface area contributed by atoms with Crippen LogP contribution in [0.2, 0.25) is 0 Å². The number of nitrogens with one attached hydrogen (secondary N) is 1. The first-order valence-electron chi connectivity index (χ1n) is 8.52. The van der Waals surface area contributed by atoms with Crippen LogP contribution in [0.1, 0.15) is 24.0 Å². The van der Waals surface area contributed by atoms with Crippen molar-refractivity contribution in [2.45, 2.75) is 12.8 Å². The second-order valence-electron chi connectivity index (χ2n) is 5.98. The van der Waals surface area contributed by atoms with Gasteiger partial charge in [0.25, 0.3) is 0 Å². The predicted molar refractivity (Wildman–Crippen MR) is 98.7 cm³/mol. The monoisotopic (exact) mass is 359 g/mol. The van der Waals surface area contributed by atoms with Gasteiger partial charge in [0.05, 0.1) is 23.8 Å². The van der Waals surface area contributed by atoms with Gasteiger partial charge in [-0.2, -0.15) is 5.26 Å². The van der Waals surface area contributed by atoms with Crippen molar-refractivity contribution in [1.82, 2.24) is 15.2 Å². The molecule has 1 atom stereocenters. The molecule has 0 saturated heterocycles. The van der Waals surface area contributed by atoms with Gasteiger partial charge in [0.1, 0.15) is 17.4 Å². The minimum atomic E-state index is -0.387. The van der Waals surface area contributed by atoms with Crippen molar-refractivity contribution >= 4 is 0 Å². The number of aromatic nitrogens is 3. The number of nitrogens with two attached hydrogens (primary N) is 1. The second-order valence-corrected chi connectivity index (χ2v) is 5.98. The van der Waals surface area contributed by atoms with Gasteiger partial charge < -0.3 is 15.2 Å². The molecule has 3 N–H and O–H groups in total. The van der Waals surface area contributed by atoms with Crippen molar-refractivity contribution in [3.05, 3.63) is 71.4 Å². The number of fused-ring (bicyclic) bond motifs is 1. The molecular weight excluding hydrogens is 342 g/mol. The molecule has 0 radical (unpaired) electrons. The van der Waals surface area contributed by atoms with Crippen molar-refractivity contribution in [2.24, 2.45) is 5.73 Å². The van der Waals surface area contributed by atoms with Crippen LogP contribution in [0.3, 0.4) is 0 Å². The lowest BCUT2D eigenvalue weighted by molar-refractivity contribution is 0.340. The second kappa shape index (κ2) is 6.84. The maximum Gasteiger partial charge on any atom is 0.244 e. The Morgan fingerprint density at radius 1 is 1.22 bits per heavy atom. The molecule has 0 aliphatic carbocycles. The molecule has 0 saturated carbocycles. The van der Waals surface area contributed by atoms with E-state index in [1.807, 2.05) is 43.3 Å². The molecule has 0 spiro atoms. The van der Waals surface area contributed by atoms with Crippen LogP contribution in [-0.2, 0) is 0 Å². The standard InChI is InChI=1S/C20H17N5O2/c1-2-26-14-5-3-13(4-6-14)18-17-16(12-7-9-23-10-8-12)15(11-21)19(22)27-20(17)25-24-18/h3-10,16H,2,22H2,1H3,(H,24,25)/t16-/m1/s1. The zero-order valence-electron chi connectivity index (χ0n) is 14.6. The average Bonchev–Trinajstić information content (AvgIpc) is 3.11. The van der Waals surface area contributed by atoms with Crippen LogP contribution in [0.25, 0.3) is 11.3 Å². The Kier molecular flexibility index (Phi) is 4.22. The van der Waals surface area contributed by atoms with Gasteiger partial charge in [-0.1, -0.05) is 0 Å². The van der Waals surface area contributed by atoms with E-state index in [2.05, 4.69) is 21.3 Å². The highest BCUT2D eigenvalue weighted by Crippen LogP contribution is 2.45. The number of ether oxygens (including phenoxy) is 2. The fourth-order valence-corrected chi connectivity index (χ4v) is 3.24. The largest absolute Gasteiger partial charge is 0.494 e. The SMILES string of the molecule is CCOc1ccc(-c2[nH]nc3c2[C@H](c2ccncc2)C(C#N)=C(N)O3)cc1. The summed E-state index contributed by atoms with van der Waals surface area (Å²) in [6.07, 6.45) is 3.37. The van der Waals surface area contributed by atoms with Crippen LogP contribution < -0.4 is 15.2 Å². The highest BCUT2D eigenvalue weighted by Gasteiger charge is 2.35. The lowest BCUT2D eigenvalue weighted by Crippen LogP contribution is -2.21. The lowest BCUT2D eigenvalue weighted by atomic mass is 9.83. The average molecular weight is 359 g/mol. The summed E-state index contributed by atoms with van der Waals surface area (Å²) in [6, 6.07) is 13.6. The molecule has 0 bridgehead atoms. The summed E-state index contributed by atoms with van der Waals surface area (Å²) in [7, 11) is 0. The van der Waals surface area contributed by atoms with Gasteiger partial charge >= 0.3 is 0 Å². The fourth-order valence-electron chi connectivity index (χ4n) is 3.24. The van der Waals surface area contributed by atoms with Crippen molar-refractivity contribution in [3.8, 4) is 29.0 Å². The molecule has 4 rings (SSSR count). The number of H-pyrrole nitrogens is 1. The summed E-state index contributed by atoms with van der Waals surface area (Å²) in [5, 5.41) is 17.0. The van der Waals surface area contributed by atoms with Crippen molar-refractivity contribution in [3.63, 3.8) is 0 Å². The van der Waals surface area contributed by atoms with Crippen molar-refractivity contribution in [1.29, 1.82) is 5.26 Å². The van der Waals surface area contributed by atoms with Gasteiger partial charge in [-0.05, 0) is 48.9 Å². The Labute approximate surface area is 156 Å². The topological polar surface area (TPSA) is 110 Å². The summed E-state index contributed by atoms with van der Waals surface area (Å²) in [5.41, 5.74) is 9.68. The highest BCUT2D eigenvalue weighted by atomic mass is 16.5. The molecular formula is C20H17N5O2. The number of benzene rings is 1. The van der Waals surface area contributed by atoms with Gasteiger partial charge in [0.15, 0.2) is 0 Å². The number of rotatable bonds is 4. The van der Waals surface area contributed by atoms with Crippen LogP contribution in [0.4, 0.5) is 0 Å². The quantitative estimate of drug-likeness (QED) is 0.741. The van der Waals surface area contributed by atoms with E-state index >= 15 is 0 Å². The first-order chi connectivity index (χ1) is 13.2. The molecule has 134 valence electrons. The van der Waals surface area contributed by atoms with Crippen LogP contribution in [0, 0.1) is 11.3 Å². The third-order valence-electron chi connectivity index (χ3n) is 4.43. The zero-order valence-corrected chi connectivity index (χ0v) is 14.6. The normalized spacial score (nSPS) is 15.6. The van der Waals surface area contributed by atoms with Gasteiger partial charge in [0, 0.05) is 18.0 Å².